The summed E-state index contributed by atoms with van der Waals surface area (Å²) in [6.07, 6.45) is 2.13. The molecule has 0 saturated carbocycles. The monoisotopic (exact) mass is 262 g/mol. The van der Waals surface area contributed by atoms with Crippen molar-refractivity contribution >= 4 is 18.3 Å². The van der Waals surface area contributed by atoms with Gasteiger partial charge in [-0.1, -0.05) is 13.8 Å². The summed E-state index contributed by atoms with van der Waals surface area (Å²) in [6.45, 7) is 8.16. The summed E-state index contributed by atoms with van der Waals surface area (Å²) in [7, 11) is 0. The molecule has 1 spiro atoms. The van der Waals surface area contributed by atoms with E-state index in [9.17, 15) is 4.79 Å². The van der Waals surface area contributed by atoms with E-state index in [0.717, 1.165) is 45.6 Å². The molecule has 0 aromatic carbocycles. The van der Waals surface area contributed by atoms with Crippen LogP contribution in [0.3, 0.4) is 0 Å². The van der Waals surface area contributed by atoms with Crippen molar-refractivity contribution in [3.05, 3.63) is 0 Å². The SMILES string of the molecule is CC(C)C(=O)N1CCCC2(CNCCO2)C1.Cl. The van der Waals surface area contributed by atoms with Crippen LogP contribution in [0.15, 0.2) is 0 Å². The van der Waals surface area contributed by atoms with Crippen LogP contribution in [0.2, 0.25) is 0 Å². The molecule has 4 nitrogen and oxygen atoms in total. The van der Waals surface area contributed by atoms with Crippen LogP contribution in [-0.2, 0) is 9.53 Å². The Kier molecular flexibility index (Phi) is 5.22. The smallest absolute Gasteiger partial charge is 0.225 e. The van der Waals surface area contributed by atoms with Gasteiger partial charge in [-0.25, -0.2) is 0 Å². The largest absolute Gasteiger partial charge is 0.370 e. The minimum atomic E-state index is -0.110. The van der Waals surface area contributed by atoms with Gasteiger partial charge in [0, 0.05) is 25.6 Å². The van der Waals surface area contributed by atoms with E-state index in [1.165, 1.54) is 0 Å². The van der Waals surface area contributed by atoms with Gasteiger partial charge < -0.3 is 15.0 Å². The number of carbonyl (C=O) groups is 1. The first kappa shape index (κ1) is 14.7. The van der Waals surface area contributed by atoms with E-state index in [4.69, 9.17) is 4.74 Å². The average molecular weight is 263 g/mol. The molecule has 2 aliphatic heterocycles. The molecule has 0 aromatic heterocycles. The van der Waals surface area contributed by atoms with E-state index in [1.807, 2.05) is 18.7 Å². The van der Waals surface area contributed by atoms with Crippen molar-refractivity contribution in [1.82, 2.24) is 10.2 Å². The van der Waals surface area contributed by atoms with Crippen molar-refractivity contribution < 1.29 is 9.53 Å². The van der Waals surface area contributed by atoms with E-state index in [-0.39, 0.29) is 29.8 Å². The molecule has 0 aromatic rings. The fraction of sp³-hybridized carbons (Fsp3) is 0.917. The zero-order valence-electron chi connectivity index (χ0n) is 10.7. The fourth-order valence-corrected chi connectivity index (χ4v) is 2.62. The van der Waals surface area contributed by atoms with Crippen LogP contribution >= 0.6 is 12.4 Å². The third kappa shape index (κ3) is 3.33. The Labute approximate surface area is 109 Å². The number of ether oxygens (including phenoxy) is 1. The number of likely N-dealkylation sites (tertiary alicyclic amines) is 1. The van der Waals surface area contributed by atoms with Crippen molar-refractivity contribution in [2.24, 2.45) is 5.92 Å². The summed E-state index contributed by atoms with van der Waals surface area (Å²) in [4.78, 5) is 13.9. The number of hydrogen-bond donors (Lipinski definition) is 1. The van der Waals surface area contributed by atoms with Crippen LogP contribution in [0.4, 0.5) is 0 Å². The van der Waals surface area contributed by atoms with Gasteiger partial charge in [-0.15, -0.1) is 12.4 Å². The number of piperidine rings is 1. The molecule has 5 heteroatoms. The topological polar surface area (TPSA) is 41.6 Å². The van der Waals surface area contributed by atoms with Gasteiger partial charge in [0.05, 0.1) is 18.8 Å². The lowest BCUT2D eigenvalue weighted by molar-refractivity contribution is -0.148. The van der Waals surface area contributed by atoms with Gasteiger partial charge >= 0.3 is 0 Å². The highest BCUT2D eigenvalue weighted by Crippen LogP contribution is 2.27. The van der Waals surface area contributed by atoms with Gasteiger partial charge in [0.25, 0.3) is 0 Å². The number of nitrogens with zero attached hydrogens (tertiary/aromatic N) is 1. The lowest BCUT2D eigenvalue weighted by Gasteiger charge is -2.45. The molecule has 2 rings (SSSR count). The first-order chi connectivity index (χ1) is 7.63. The van der Waals surface area contributed by atoms with Gasteiger partial charge in [-0.05, 0) is 12.8 Å². The highest BCUT2D eigenvalue weighted by molar-refractivity contribution is 5.85. The first-order valence-corrected chi connectivity index (χ1v) is 6.26. The molecule has 2 fully saturated rings. The number of nitrogens with one attached hydrogen (secondary N) is 1. The Bertz CT molecular complexity index is 260. The number of amides is 1. The van der Waals surface area contributed by atoms with E-state index in [1.54, 1.807) is 0 Å². The molecule has 1 atom stereocenters. The molecule has 17 heavy (non-hydrogen) atoms. The Morgan fingerprint density at radius 3 is 2.82 bits per heavy atom. The van der Waals surface area contributed by atoms with Crippen LogP contribution in [0, 0.1) is 5.92 Å². The predicted octanol–water partition coefficient (Wildman–Crippen LogP) is 1.05. The third-order valence-corrected chi connectivity index (χ3v) is 3.48. The van der Waals surface area contributed by atoms with Gasteiger partial charge in [0.15, 0.2) is 0 Å². The molecule has 0 aliphatic carbocycles. The number of halogens is 1. The number of morpholine rings is 1. The first-order valence-electron chi connectivity index (χ1n) is 6.26. The summed E-state index contributed by atoms with van der Waals surface area (Å²) in [5.41, 5.74) is -0.110. The van der Waals surface area contributed by atoms with Gasteiger partial charge in [0.1, 0.15) is 0 Å². The molecule has 2 saturated heterocycles. The molecule has 0 bridgehead atoms. The van der Waals surface area contributed by atoms with E-state index in [2.05, 4.69) is 5.32 Å². The quantitative estimate of drug-likeness (QED) is 0.768. The summed E-state index contributed by atoms with van der Waals surface area (Å²) in [6, 6.07) is 0. The zero-order chi connectivity index (χ0) is 11.6. The van der Waals surface area contributed by atoms with Gasteiger partial charge in [-0.2, -0.15) is 0 Å². The Hall–Kier alpha value is -0.320. The van der Waals surface area contributed by atoms with Crippen molar-refractivity contribution in [1.29, 1.82) is 0 Å². The fourth-order valence-electron chi connectivity index (χ4n) is 2.62. The second-order valence-electron chi connectivity index (χ2n) is 5.23. The Morgan fingerprint density at radius 1 is 1.47 bits per heavy atom. The summed E-state index contributed by atoms with van der Waals surface area (Å²) in [5, 5.41) is 3.37. The minimum Gasteiger partial charge on any atom is -0.370 e. The maximum absolute atomic E-state index is 12.0. The lowest BCUT2D eigenvalue weighted by Crippen LogP contribution is -2.60. The molecule has 1 unspecified atom stereocenters. The van der Waals surface area contributed by atoms with Crippen LogP contribution < -0.4 is 5.32 Å². The normalized spacial score (nSPS) is 29.2. The average Bonchev–Trinajstić information content (AvgIpc) is 2.29. The zero-order valence-corrected chi connectivity index (χ0v) is 11.5. The number of hydrogen-bond acceptors (Lipinski definition) is 3. The summed E-state index contributed by atoms with van der Waals surface area (Å²) in [5.74, 6) is 0.347. The van der Waals surface area contributed by atoms with Crippen LogP contribution in [0.1, 0.15) is 26.7 Å². The van der Waals surface area contributed by atoms with Gasteiger partial charge in [0.2, 0.25) is 5.91 Å². The van der Waals surface area contributed by atoms with Crippen molar-refractivity contribution in [2.75, 3.05) is 32.8 Å². The molecular weight excluding hydrogens is 240 g/mol. The second-order valence-corrected chi connectivity index (χ2v) is 5.23. The van der Waals surface area contributed by atoms with Crippen molar-refractivity contribution in [2.45, 2.75) is 32.3 Å². The maximum Gasteiger partial charge on any atom is 0.225 e. The Balaban J connectivity index is 0.00000144. The van der Waals surface area contributed by atoms with Crippen LogP contribution in [0.25, 0.3) is 0 Å². The Morgan fingerprint density at radius 2 is 2.24 bits per heavy atom. The molecule has 1 N–H and O–H groups in total. The molecule has 1 amide bonds. The standard InChI is InChI=1S/C12H22N2O2.ClH/c1-10(2)11(15)14-6-3-4-12(9-14)8-13-5-7-16-12;/h10,13H,3-9H2,1-2H3;1H. The summed E-state index contributed by atoms with van der Waals surface area (Å²) < 4.78 is 5.91. The van der Waals surface area contributed by atoms with E-state index >= 15 is 0 Å². The number of carbonyl (C=O) groups excluding carboxylic acids is 1. The molecule has 2 heterocycles. The molecule has 2 aliphatic rings. The molecular formula is C12H23ClN2O2. The van der Waals surface area contributed by atoms with Crippen molar-refractivity contribution in [3.8, 4) is 0 Å². The lowest BCUT2D eigenvalue weighted by atomic mass is 9.91. The van der Waals surface area contributed by atoms with Crippen LogP contribution in [0.5, 0.6) is 0 Å². The van der Waals surface area contributed by atoms with E-state index in [0.29, 0.717) is 0 Å². The predicted molar refractivity (Wildman–Crippen MR) is 69.5 cm³/mol. The second kappa shape index (κ2) is 6.03. The summed E-state index contributed by atoms with van der Waals surface area (Å²) >= 11 is 0. The van der Waals surface area contributed by atoms with Crippen molar-refractivity contribution in [3.63, 3.8) is 0 Å². The molecule has 100 valence electrons. The minimum absolute atomic E-state index is 0. The third-order valence-electron chi connectivity index (χ3n) is 3.48. The van der Waals surface area contributed by atoms with Crippen LogP contribution in [-0.4, -0.2) is 49.2 Å². The van der Waals surface area contributed by atoms with E-state index < -0.39 is 0 Å². The maximum atomic E-state index is 12.0. The molecule has 0 radical (unpaired) electrons. The highest BCUT2D eigenvalue weighted by Gasteiger charge is 2.39. The van der Waals surface area contributed by atoms with Gasteiger partial charge in [-0.3, -0.25) is 4.79 Å². The number of rotatable bonds is 1. The highest BCUT2D eigenvalue weighted by atomic mass is 35.5.